The molecule has 0 aliphatic heterocycles. The molecule has 0 bridgehead atoms. The maximum absolute atomic E-state index is 5.91. The summed E-state index contributed by atoms with van der Waals surface area (Å²) in [5.74, 6) is 1.79. The molecule has 1 heteroatoms. The minimum absolute atomic E-state index is 0.179. The standard InChI is InChI=1S/C18H22O/c1-13-10-14(2)12-17(11-13)19-16-8-6-15(7-9-16)18(3,4)5/h6-12H,1-5H3. The van der Waals surface area contributed by atoms with Crippen molar-refractivity contribution in [3.63, 3.8) is 0 Å². The van der Waals surface area contributed by atoms with Crippen LogP contribution >= 0.6 is 0 Å². The van der Waals surface area contributed by atoms with Crippen molar-refractivity contribution in [2.75, 3.05) is 0 Å². The first-order valence-corrected chi connectivity index (χ1v) is 6.71. The molecular formula is C18H22O. The van der Waals surface area contributed by atoms with Crippen LogP contribution in [0.5, 0.6) is 11.5 Å². The van der Waals surface area contributed by atoms with Crippen molar-refractivity contribution in [3.8, 4) is 11.5 Å². The van der Waals surface area contributed by atoms with E-state index in [9.17, 15) is 0 Å². The Labute approximate surface area is 116 Å². The van der Waals surface area contributed by atoms with Crippen LogP contribution in [-0.2, 0) is 5.41 Å². The monoisotopic (exact) mass is 254 g/mol. The Morgan fingerprint density at radius 2 is 1.26 bits per heavy atom. The number of benzene rings is 2. The van der Waals surface area contributed by atoms with Crippen molar-refractivity contribution in [2.45, 2.75) is 40.0 Å². The Kier molecular flexibility index (Phi) is 3.66. The first kappa shape index (κ1) is 13.7. The van der Waals surface area contributed by atoms with E-state index >= 15 is 0 Å². The van der Waals surface area contributed by atoms with Gasteiger partial charge in [-0.05, 0) is 60.2 Å². The van der Waals surface area contributed by atoms with Gasteiger partial charge in [-0.3, -0.25) is 0 Å². The van der Waals surface area contributed by atoms with Crippen molar-refractivity contribution in [1.29, 1.82) is 0 Å². The van der Waals surface area contributed by atoms with E-state index in [-0.39, 0.29) is 5.41 Å². The van der Waals surface area contributed by atoms with Gasteiger partial charge in [0, 0.05) is 0 Å². The molecule has 2 rings (SSSR count). The number of aryl methyl sites for hydroxylation is 2. The zero-order valence-corrected chi connectivity index (χ0v) is 12.4. The largest absolute Gasteiger partial charge is 0.457 e. The minimum atomic E-state index is 0.179. The quantitative estimate of drug-likeness (QED) is 0.697. The van der Waals surface area contributed by atoms with Gasteiger partial charge in [0.25, 0.3) is 0 Å². The van der Waals surface area contributed by atoms with E-state index in [0.717, 1.165) is 11.5 Å². The molecule has 0 aliphatic rings. The summed E-state index contributed by atoms with van der Waals surface area (Å²) in [5, 5.41) is 0. The summed E-state index contributed by atoms with van der Waals surface area (Å²) in [6, 6.07) is 14.6. The second kappa shape index (κ2) is 5.08. The molecule has 0 aliphatic carbocycles. The molecule has 0 saturated heterocycles. The molecule has 0 fully saturated rings. The van der Waals surface area contributed by atoms with Crippen molar-refractivity contribution < 1.29 is 4.74 Å². The van der Waals surface area contributed by atoms with E-state index in [0.29, 0.717) is 0 Å². The highest BCUT2D eigenvalue weighted by Crippen LogP contribution is 2.27. The average molecular weight is 254 g/mol. The molecule has 0 aromatic heterocycles. The predicted octanol–water partition coefficient (Wildman–Crippen LogP) is 5.39. The lowest BCUT2D eigenvalue weighted by Gasteiger charge is -2.19. The molecule has 2 aromatic rings. The fourth-order valence-corrected chi connectivity index (χ4v) is 2.15. The zero-order valence-electron chi connectivity index (χ0n) is 12.4. The highest BCUT2D eigenvalue weighted by atomic mass is 16.5. The average Bonchev–Trinajstić information content (AvgIpc) is 2.26. The van der Waals surface area contributed by atoms with E-state index in [1.165, 1.54) is 16.7 Å². The zero-order chi connectivity index (χ0) is 14.0. The topological polar surface area (TPSA) is 9.23 Å². The van der Waals surface area contributed by atoms with Crippen LogP contribution in [0.1, 0.15) is 37.5 Å². The van der Waals surface area contributed by atoms with Crippen molar-refractivity contribution in [3.05, 3.63) is 59.2 Å². The highest BCUT2D eigenvalue weighted by molar-refractivity contribution is 5.38. The summed E-state index contributed by atoms with van der Waals surface area (Å²) in [6.07, 6.45) is 0. The molecule has 0 saturated carbocycles. The second-order valence-corrected chi connectivity index (χ2v) is 6.20. The number of rotatable bonds is 2. The van der Waals surface area contributed by atoms with Gasteiger partial charge in [0.15, 0.2) is 0 Å². The third-order valence-corrected chi connectivity index (χ3v) is 3.15. The summed E-state index contributed by atoms with van der Waals surface area (Å²) >= 11 is 0. The van der Waals surface area contributed by atoms with Crippen LogP contribution in [0.15, 0.2) is 42.5 Å². The smallest absolute Gasteiger partial charge is 0.127 e. The van der Waals surface area contributed by atoms with Gasteiger partial charge in [0.1, 0.15) is 11.5 Å². The van der Waals surface area contributed by atoms with Gasteiger partial charge in [-0.2, -0.15) is 0 Å². The van der Waals surface area contributed by atoms with Crippen molar-refractivity contribution >= 4 is 0 Å². The molecule has 0 atom stereocenters. The summed E-state index contributed by atoms with van der Waals surface area (Å²) in [4.78, 5) is 0. The van der Waals surface area contributed by atoms with Crippen LogP contribution in [0.2, 0.25) is 0 Å². The first-order valence-electron chi connectivity index (χ1n) is 6.71. The maximum Gasteiger partial charge on any atom is 0.127 e. The van der Waals surface area contributed by atoms with E-state index in [1.807, 2.05) is 12.1 Å². The molecule has 0 amide bonds. The lowest BCUT2D eigenvalue weighted by atomic mass is 9.87. The van der Waals surface area contributed by atoms with Gasteiger partial charge < -0.3 is 4.74 Å². The second-order valence-electron chi connectivity index (χ2n) is 6.20. The van der Waals surface area contributed by atoms with Gasteiger partial charge >= 0.3 is 0 Å². The van der Waals surface area contributed by atoms with Gasteiger partial charge in [-0.15, -0.1) is 0 Å². The summed E-state index contributed by atoms with van der Waals surface area (Å²) in [6.45, 7) is 10.8. The lowest BCUT2D eigenvalue weighted by molar-refractivity contribution is 0.480. The Balaban J connectivity index is 2.20. The van der Waals surface area contributed by atoms with Gasteiger partial charge in [-0.1, -0.05) is 39.0 Å². The molecule has 0 spiro atoms. The van der Waals surface area contributed by atoms with Crippen LogP contribution in [0.25, 0.3) is 0 Å². The number of hydrogen-bond donors (Lipinski definition) is 0. The molecular weight excluding hydrogens is 232 g/mol. The van der Waals surface area contributed by atoms with Gasteiger partial charge in [-0.25, -0.2) is 0 Å². The molecule has 100 valence electrons. The molecule has 19 heavy (non-hydrogen) atoms. The van der Waals surface area contributed by atoms with E-state index in [2.05, 4.69) is 65.0 Å². The fourth-order valence-electron chi connectivity index (χ4n) is 2.15. The molecule has 2 aromatic carbocycles. The van der Waals surface area contributed by atoms with Crippen LogP contribution in [0, 0.1) is 13.8 Å². The van der Waals surface area contributed by atoms with Crippen LogP contribution < -0.4 is 4.74 Å². The number of ether oxygens (including phenoxy) is 1. The first-order chi connectivity index (χ1) is 8.84. The van der Waals surface area contributed by atoms with E-state index < -0.39 is 0 Å². The van der Waals surface area contributed by atoms with E-state index in [1.54, 1.807) is 0 Å². The molecule has 0 unspecified atom stereocenters. The highest BCUT2D eigenvalue weighted by Gasteiger charge is 2.13. The molecule has 1 nitrogen and oxygen atoms in total. The Morgan fingerprint density at radius 3 is 1.74 bits per heavy atom. The maximum atomic E-state index is 5.91. The Bertz CT molecular complexity index is 539. The minimum Gasteiger partial charge on any atom is -0.457 e. The third-order valence-electron chi connectivity index (χ3n) is 3.15. The van der Waals surface area contributed by atoms with Crippen molar-refractivity contribution in [2.24, 2.45) is 0 Å². The van der Waals surface area contributed by atoms with Gasteiger partial charge in [0.2, 0.25) is 0 Å². The van der Waals surface area contributed by atoms with Crippen LogP contribution in [-0.4, -0.2) is 0 Å². The SMILES string of the molecule is Cc1cc(C)cc(Oc2ccc(C(C)(C)C)cc2)c1. The van der Waals surface area contributed by atoms with Crippen molar-refractivity contribution in [1.82, 2.24) is 0 Å². The van der Waals surface area contributed by atoms with Crippen LogP contribution in [0.3, 0.4) is 0 Å². The molecule has 0 N–H and O–H groups in total. The van der Waals surface area contributed by atoms with Crippen LogP contribution in [0.4, 0.5) is 0 Å². The van der Waals surface area contributed by atoms with Gasteiger partial charge in [0.05, 0.1) is 0 Å². The summed E-state index contributed by atoms with van der Waals surface area (Å²) < 4.78 is 5.91. The van der Waals surface area contributed by atoms with E-state index in [4.69, 9.17) is 4.74 Å². The summed E-state index contributed by atoms with van der Waals surface area (Å²) in [5.41, 5.74) is 3.95. The Morgan fingerprint density at radius 1 is 0.737 bits per heavy atom. The predicted molar refractivity (Wildman–Crippen MR) is 81.1 cm³/mol. The number of hydrogen-bond acceptors (Lipinski definition) is 1. The third kappa shape index (κ3) is 3.60. The lowest BCUT2D eigenvalue weighted by Crippen LogP contribution is -2.10. The molecule has 0 radical (unpaired) electrons. The molecule has 0 heterocycles. The fraction of sp³-hybridized carbons (Fsp3) is 0.333. The summed E-state index contributed by atoms with van der Waals surface area (Å²) in [7, 11) is 0. The normalized spacial score (nSPS) is 11.4. The Hall–Kier alpha value is -1.76.